The summed E-state index contributed by atoms with van der Waals surface area (Å²) in [5.74, 6) is 0. The molecule has 0 atom stereocenters. The zero-order valence-electron chi connectivity index (χ0n) is 8.56. The number of aromatic nitrogens is 4. The molecule has 0 N–H and O–H groups in total. The Balaban J connectivity index is 2.01. The van der Waals surface area contributed by atoms with Gasteiger partial charge in [-0.25, -0.2) is 0 Å². The van der Waals surface area contributed by atoms with Crippen LogP contribution in [0.15, 0.2) is 0 Å². The summed E-state index contributed by atoms with van der Waals surface area (Å²) in [6.07, 6.45) is 3.83. The zero-order valence-corrected chi connectivity index (χ0v) is 11.0. The zero-order chi connectivity index (χ0) is 11.0. The third-order valence-corrected chi connectivity index (χ3v) is 5.54. The first-order chi connectivity index (χ1) is 7.84. The van der Waals surface area contributed by atoms with Gasteiger partial charge in [-0.05, 0) is 0 Å². The molecule has 1 fully saturated rings. The van der Waals surface area contributed by atoms with Gasteiger partial charge in [-0.1, -0.05) is 0 Å². The Morgan fingerprint density at radius 3 is 2.69 bits per heavy atom. The molecule has 0 aliphatic carbocycles. The van der Waals surface area contributed by atoms with Crippen molar-refractivity contribution in [2.75, 3.05) is 18.0 Å². The van der Waals surface area contributed by atoms with Crippen LogP contribution in [0.3, 0.4) is 0 Å². The van der Waals surface area contributed by atoms with Crippen molar-refractivity contribution in [3.63, 3.8) is 0 Å². The van der Waals surface area contributed by atoms with Gasteiger partial charge >= 0.3 is 104 Å². The average Bonchev–Trinajstić information content (AvgIpc) is 2.76. The quantitative estimate of drug-likeness (QED) is 0.739. The summed E-state index contributed by atoms with van der Waals surface area (Å²) in [4.78, 5) is 6.86. The number of piperidine rings is 1. The van der Waals surface area contributed by atoms with Crippen LogP contribution < -0.4 is 4.90 Å². The van der Waals surface area contributed by atoms with Crippen LogP contribution in [-0.4, -0.2) is 48.0 Å². The number of fused-ring (bicyclic) bond motifs is 1. The van der Waals surface area contributed by atoms with E-state index in [1.165, 1.54) is 19.3 Å². The Bertz CT molecular complexity index is 508. The Kier molecular flexibility index (Phi) is 2.79. The Hall–Kier alpha value is -0.711. The van der Waals surface area contributed by atoms with E-state index in [0.29, 0.717) is 10.8 Å². The van der Waals surface area contributed by atoms with Gasteiger partial charge < -0.3 is 0 Å². The average molecular weight is 303 g/mol. The SMILES string of the molecule is Clc1nnnc2nc(N3CCCCC3)[se]c12. The molecule has 1 aliphatic rings. The Morgan fingerprint density at radius 1 is 1.12 bits per heavy atom. The Labute approximate surface area is 104 Å². The van der Waals surface area contributed by atoms with Gasteiger partial charge in [-0.2, -0.15) is 0 Å². The summed E-state index contributed by atoms with van der Waals surface area (Å²) in [6, 6.07) is 0. The molecular weight excluding hydrogens is 293 g/mol. The normalized spacial score (nSPS) is 16.9. The topological polar surface area (TPSA) is 54.8 Å². The first-order valence-electron chi connectivity index (χ1n) is 5.25. The second-order valence-corrected chi connectivity index (χ2v) is 6.19. The van der Waals surface area contributed by atoms with Crippen molar-refractivity contribution < 1.29 is 0 Å². The van der Waals surface area contributed by atoms with Crippen molar-refractivity contribution in [3.8, 4) is 0 Å². The molecule has 7 heteroatoms. The van der Waals surface area contributed by atoms with Crippen molar-refractivity contribution in [1.82, 2.24) is 20.4 Å². The molecule has 0 radical (unpaired) electrons. The fraction of sp³-hybridized carbons (Fsp3) is 0.556. The summed E-state index contributed by atoms with van der Waals surface area (Å²) in [7, 11) is 0. The molecule has 0 unspecified atom stereocenters. The molecule has 16 heavy (non-hydrogen) atoms. The molecule has 1 aliphatic heterocycles. The van der Waals surface area contributed by atoms with Crippen LogP contribution in [0.25, 0.3) is 9.91 Å². The number of nitrogens with zero attached hydrogens (tertiary/aromatic N) is 5. The van der Waals surface area contributed by atoms with E-state index in [-0.39, 0.29) is 14.5 Å². The van der Waals surface area contributed by atoms with Crippen LogP contribution in [0.2, 0.25) is 5.15 Å². The van der Waals surface area contributed by atoms with E-state index in [4.69, 9.17) is 11.6 Å². The molecule has 2 aromatic rings. The monoisotopic (exact) mass is 303 g/mol. The number of anilines is 1. The summed E-state index contributed by atoms with van der Waals surface area (Å²) < 4.78 is 2.11. The Morgan fingerprint density at radius 2 is 1.94 bits per heavy atom. The maximum atomic E-state index is 5.98. The molecule has 84 valence electrons. The van der Waals surface area contributed by atoms with Gasteiger partial charge in [0.15, 0.2) is 0 Å². The molecule has 0 saturated carbocycles. The van der Waals surface area contributed by atoms with Gasteiger partial charge in [-0.3, -0.25) is 0 Å². The first-order valence-corrected chi connectivity index (χ1v) is 7.34. The molecule has 3 heterocycles. The second kappa shape index (κ2) is 4.28. The molecule has 0 bridgehead atoms. The van der Waals surface area contributed by atoms with Crippen LogP contribution in [0.4, 0.5) is 4.69 Å². The minimum atomic E-state index is 0.146. The predicted molar refractivity (Wildman–Crippen MR) is 63.1 cm³/mol. The fourth-order valence-corrected chi connectivity index (χ4v) is 4.14. The summed E-state index contributed by atoms with van der Waals surface area (Å²) in [5.41, 5.74) is 0.667. The molecule has 0 amide bonds. The fourth-order valence-electron chi connectivity index (χ4n) is 1.87. The molecule has 0 spiro atoms. The maximum absolute atomic E-state index is 5.98. The number of hydrogen-bond acceptors (Lipinski definition) is 5. The van der Waals surface area contributed by atoms with Crippen LogP contribution in [0, 0.1) is 0 Å². The molecular formula is C9H10ClN5Se. The van der Waals surface area contributed by atoms with E-state index >= 15 is 0 Å². The second-order valence-electron chi connectivity index (χ2n) is 3.78. The van der Waals surface area contributed by atoms with E-state index in [1.54, 1.807) is 0 Å². The summed E-state index contributed by atoms with van der Waals surface area (Å²) in [6.45, 7) is 2.21. The van der Waals surface area contributed by atoms with E-state index < -0.39 is 0 Å². The van der Waals surface area contributed by atoms with Crippen LogP contribution >= 0.6 is 11.6 Å². The van der Waals surface area contributed by atoms with Gasteiger partial charge in [0.05, 0.1) is 0 Å². The predicted octanol–water partition coefficient (Wildman–Crippen LogP) is 1.12. The summed E-state index contributed by atoms with van der Waals surface area (Å²) in [5, 5.41) is 11.7. The third-order valence-electron chi connectivity index (χ3n) is 2.68. The van der Waals surface area contributed by atoms with Crippen molar-refractivity contribution in [1.29, 1.82) is 0 Å². The van der Waals surface area contributed by atoms with Crippen molar-refractivity contribution in [2.45, 2.75) is 19.3 Å². The van der Waals surface area contributed by atoms with Gasteiger partial charge in [-0.15, -0.1) is 0 Å². The van der Waals surface area contributed by atoms with E-state index in [1.807, 2.05) is 0 Å². The minimum absolute atomic E-state index is 0.146. The van der Waals surface area contributed by atoms with E-state index in [9.17, 15) is 0 Å². The molecule has 0 aromatic carbocycles. The molecule has 1 saturated heterocycles. The first kappa shape index (κ1) is 10.4. The van der Waals surface area contributed by atoms with Gasteiger partial charge in [0, 0.05) is 0 Å². The molecule has 2 aromatic heterocycles. The van der Waals surface area contributed by atoms with Gasteiger partial charge in [0.2, 0.25) is 0 Å². The number of hydrogen-bond donors (Lipinski definition) is 0. The van der Waals surface area contributed by atoms with Crippen LogP contribution in [0.1, 0.15) is 19.3 Å². The van der Waals surface area contributed by atoms with Crippen molar-refractivity contribution in [2.24, 2.45) is 0 Å². The standard InChI is InChI=1S/C9H10ClN5Se/c10-7-6-8(13-14-12-7)11-9(16-6)15-4-2-1-3-5-15/h1-5H2. The summed E-state index contributed by atoms with van der Waals surface area (Å²) >= 11 is 6.13. The van der Waals surface area contributed by atoms with Gasteiger partial charge in [0.1, 0.15) is 0 Å². The molecule has 3 rings (SSSR count). The van der Waals surface area contributed by atoms with Gasteiger partial charge in [0.25, 0.3) is 0 Å². The number of rotatable bonds is 1. The van der Waals surface area contributed by atoms with E-state index in [0.717, 1.165) is 22.0 Å². The van der Waals surface area contributed by atoms with E-state index in [2.05, 4.69) is 25.3 Å². The van der Waals surface area contributed by atoms with Crippen LogP contribution in [0.5, 0.6) is 0 Å². The van der Waals surface area contributed by atoms with Crippen LogP contribution in [-0.2, 0) is 0 Å². The molecule has 5 nitrogen and oxygen atoms in total. The van der Waals surface area contributed by atoms with Crippen molar-refractivity contribution in [3.05, 3.63) is 5.15 Å². The number of halogens is 1. The van der Waals surface area contributed by atoms with Crippen molar-refractivity contribution >= 4 is 40.7 Å². The third kappa shape index (κ3) is 1.81.